The van der Waals surface area contributed by atoms with E-state index in [4.69, 9.17) is 10.6 Å². The van der Waals surface area contributed by atoms with Crippen molar-refractivity contribution in [1.82, 2.24) is 10.3 Å². The van der Waals surface area contributed by atoms with Gasteiger partial charge in [-0.3, -0.25) is 4.79 Å². The van der Waals surface area contributed by atoms with Crippen LogP contribution in [0.25, 0.3) is 10.8 Å². The van der Waals surface area contributed by atoms with E-state index in [-0.39, 0.29) is 12.0 Å². The molecule has 0 aliphatic heterocycles. The predicted molar refractivity (Wildman–Crippen MR) is 83.0 cm³/mol. The number of hydrogen-bond donors (Lipinski definition) is 3. The number of fused-ring (bicyclic) bond motifs is 1. The average molecular weight is 288 g/mol. The van der Waals surface area contributed by atoms with Crippen LogP contribution in [0.4, 0.5) is 5.82 Å². The molecule has 0 aliphatic rings. The van der Waals surface area contributed by atoms with Gasteiger partial charge < -0.3 is 15.5 Å². The fourth-order valence-corrected chi connectivity index (χ4v) is 2.10. The van der Waals surface area contributed by atoms with E-state index in [1.165, 1.54) is 0 Å². The van der Waals surface area contributed by atoms with Crippen LogP contribution < -0.4 is 16.6 Å². The van der Waals surface area contributed by atoms with Crippen LogP contribution in [-0.4, -0.2) is 30.1 Å². The molecule has 2 rings (SSSR count). The topological polar surface area (TPSA) is 89.3 Å². The Morgan fingerprint density at radius 3 is 2.90 bits per heavy atom. The second-order valence-electron chi connectivity index (χ2n) is 4.70. The molecule has 0 saturated heterocycles. The summed E-state index contributed by atoms with van der Waals surface area (Å²) >= 11 is 0. The van der Waals surface area contributed by atoms with E-state index in [1.54, 1.807) is 6.07 Å². The summed E-state index contributed by atoms with van der Waals surface area (Å²) < 4.78 is 5.38. The quantitative estimate of drug-likeness (QED) is 0.556. The molecule has 4 N–H and O–H groups in total. The van der Waals surface area contributed by atoms with E-state index >= 15 is 0 Å². The highest BCUT2D eigenvalue weighted by Gasteiger charge is 2.12. The van der Waals surface area contributed by atoms with Crippen molar-refractivity contribution in [2.24, 2.45) is 5.84 Å². The number of benzene rings is 1. The predicted octanol–water partition coefficient (Wildman–Crippen LogP) is 1.68. The molecule has 0 radical (unpaired) electrons. The second kappa shape index (κ2) is 7.01. The van der Waals surface area contributed by atoms with Crippen molar-refractivity contribution < 1.29 is 9.53 Å². The standard InChI is InChI=1S/C15H20N4O2/c1-3-21-10(2)9-17-15(20)13-8-11-6-4-5-7-12(11)14(18-13)19-16/h4-8,10H,3,9,16H2,1-2H3,(H,17,20)(H,18,19). The normalized spacial score (nSPS) is 12.1. The third-order valence-electron chi connectivity index (χ3n) is 3.11. The van der Waals surface area contributed by atoms with Gasteiger partial charge in [-0.15, -0.1) is 0 Å². The van der Waals surface area contributed by atoms with Gasteiger partial charge in [0.25, 0.3) is 5.91 Å². The van der Waals surface area contributed by atoms with Gasteiger partial charge in [0.1, 0.15) is 11.5 Å². The maximum Gasteiger partial charge on any atom is 0.270 e. The molecular weight excluding hydrogens is 268 g/mol. The van der Waals surface area contributed by atoms with Crippen LogP contribution in [0, 0.1) is 0 Å². The first-order valence-electron chi connectivity index (χ1n) is 6.92. The molecule has 0 fully saturated rings. The van der Waals surface area contributed by atoms with Crippen LogP contribution in [0.3, 0.4) is 0 Å². The number of pyridine rings is 1. The highest BCUT2D eigenvalue weighted by Crippen LogP contribution is 2.21. The third kappa shape index (κ3) is 3.68. The van der Waals surface area contributed by atoms with Crippen molar-refractivity contribution in [2.45, 2.75) is 20.0 Å². The van der Waals surface area contributed by atoms with Crippen LogP contribution in [0.1, 0.15) is 24.3 Å². The Hall–Kier alpha value is -2.18. The molecule has 0 aliphatic carbocycles. The number of amides is 1. The van der Waals surface area contributed by atoms with Gasteiger partial charge in [-0.05, 0) is 25.3 Å². The highest BCUT2D eigenvalue weighted by molar-refractivity contribution is 6.00. The third-order valence-corrected chi connectivity index (χ3v) is 3.11. The molecule has 0 saturated carbocycles. The average Bonchev–Trinajstić information content (AvgIpc) is 2.51. The molecule has 6 heteroatoms. The van der Waals surface area contributed by atoms with Crippen molar-refractivity contribution in [1.29, 1.82) is 0 Å². The zero-order valence-electron chi connectivity index (χ0n) is 12.2. The number of anilines is 1. The maximum absolute atomic E-state index is 12.2. The van der Waals surface area contributed by atoms with Crippen LogP contribution in [0.15, 0.2) is 30.3 Å². The van der Waals surface area contributed by atoms with Gasteiger partial charge in [0.05, 0.1) is 6.10 Å². The molecule has 1 aromatic carbocycles. The summed E-state index contributed by atoms with van der Waals surface area (Å²) in [6, 6.07) is 9.36. The Kier molecular flexibility index (Phi) is 5.08. The molecule has 112 valence electrons. The van der Waals surface area contributed by atoms with Crippen molar-refractivity contribution in [3.05, 3.63) is 36.0 Å². The number of hydrazine groups is 1. The van der Waals surface area contributed by atoms with Gasteiger partial charge in [0, 0.05) is 18.5 Å². The minimum atomic E-state index is -0.246. The van der Waals surface area contributed by atoms with Crippen molar-refractivity contribution in [3.63, 3.8) is 0 Å². The minimum Gasteiger partial charge on any atom is -0.377 e. The molecule has 0 bridgehead atoms. The van der Waals surface area contributed by atoms with Crippen LogP contribution >= 0.6 is 0 Å². The molecule has 0 spiro atoms. The summed E-state index contributed by atoms with van der Waals surface area (Å²) in [6.45, 7) is 4.88. The first-order valence-corrected chi connectivity index (χ1v) is 6.92. The number of nitrogens with two attached hydrogens (primary N) is 1. The zero-order chi connectivity index (χ0) is 15.2. The fourth-order valence-electron chi connectivity index (χ4n) is 2.10. The van der Waals surface area contributed by atoms with Crippen LogP contribution in [0.2, 0.25) is 0 Å². The summed E-state index contributed by atoms with van der Waals surface area (Å²) in [7, 11) is 0. The van der Waals surface area contributed by atoms with E-state index < -0.39 is 0 Å². The minimum absolute atomic E-state index is 0.0356. The lowest BCUT2D eigenvalue weighted by atomic mass is 10.1. The summed E-state index contributed by atoms with van der Waals surface area (Å²) in [4.78, 5) is 16.4. The number of rotatable bonds is 6. The number of nitrogens with zero attached hydrogens (tertiary/aromatic N) is 1. The van der Waals surface area contributed by atoms with Gasteiger partial charge in [-0.1, -0.05) is 24.3 Å². The van der Waals surface area contributed by atoms with Gasteiger partial charge >= 0.3 is 0 Å². The van der Waals surface area contributed by atoms with Gasteiger partial charge in [0.15, 0.2) is 0 Å². The smallest absolute Gasteiger partial charge is 0.270 e. The molecule has 2 aromatic rings. The lowest BCUT2D eigenvalue weighted by molar-refractivity contribution is 0.0693. The molecule has 1 unspecified atom stereocenters. The Morgan fingerprint density at radius 2 is 2.19 bits per heavy atom. The highest BCUT2D eigenvalue weighted by atomic mass is 16.5. The first-order chi connectivity index (χ1) is 10.2. The summed E-state index contributed by atoms with van der Waals surface area (Å²) in [5.41, 5.74) is 2.86. The Balaban J connectivity index is 2.19. The molecule has 1 aromatic heterocycles. The monoisotopic (exact) mass is 288 g/mol. The molecule has 21 heavy (non-hydrogen) atoms. The second-order valence-corrected chi connectivity index (χ2v) is 4.70. The van der Waals surface area contributed by atoms with Crippen molar-refractivity contribution in [3.8, 4) is 0 Å². The number of nitrogen functional groups attached to an aromatic ring is 1. The zero-order valence-corrected chi connectivity index (χ0v) is 12.2. The van der Waals surface area contributed by atoms with Crippen LogP contribution in [-0.2, 0) is 4.74 Å². The lowest BCUT2D eigenvalue weighted by Gasteiger charge is -2.13. The molecule has 1 heterocycles. The Bertz CT molecular complexity index is 630. The molecule has 1 amide bonds. The van der Waals surface area contributed by atoms with Gasteiger partial charge in [-0.25, -0.2) is 10.8 Å². The summed E-state index contributed by atoms with van der Waals surface area (Å²) in [5.74, 6) is 5.72. The Morgan fingerprint density at radius 1 is 1.43 bits per heavy atom. The van der Waals surface area contributed by atoms with Crippen LogP contribution in [0.5, 0.6) is 0 Å². The number of hydrogen-bond acceptors (Lipinski definition) is 5. The van der Waals surface area contributed by atoms with Crippen molar-refractivity contribution in [2.75, 3.05) is 18.6 Å². The molecular formula is C15H20N4O2. The fraction of sp³-hybridized carbons (Fsp3) is 0.333. The van der Waals surface area contributed by atoms with Gasteiger partial charge in [0.2, 0.25) is 0 Å². The maximum atomic E-state index is 12.2. The van der Waals surface area contributed by atoms with Crippen molar-refractivity contribution >= 4 is 22.5 Å². The number of carbonyl (C=O) groups is 1. The summed E-state index contributed by atoms with van der Waals surface area (Å²) in [6.07, 6.45) is -0.0356. The SMILES string of the molecule is CCOC(C)CNC(=O)c1cc2ccccc2c(NN)n1. The molecule has 1 atom stereocenters. The Labute approximate surface area is 123 Å². The first kappa shape index (κ1) is 15.2. The van der Waals surface area contributed by atoms with E-state index in [9.17, 15) is 4.79 Å². The number of ether oxygens (including phenoxy) is 1. The number of aromatic nitrogens is 1. The number of nitrogens with one attached hydrogen (secondary N) is 2. The van der Waals surface area contributed by atoms with E-state index in [2.05, 4.69) is 15.7 Å². The van der Waals surface area contributed by atoms with E-state index in [0.29, 0.717) is 24.7 Å². The largest absolute Gasteiger partial charge is 0.377 e. The number of carbonyl (C=O) groups excluding carboxylic acids is 1. The summed E-state index contributed by atoms with van der Waals surface area (Å²) in [5, 5.41) is 4.58. The molecule has 6 nitrogen and oxygen atoms in total. The van der Waals surface area contributed by atoms with Gasteiger partial charge in [-0.2, -0.15) is 0 Å². The van der Waals surface area contributed by atoms with E-state index in [0.717, 1.165) is 10.8 Å². The lowest BCUT2D eigenvalue weighted by Crippen LogP contribution is -2.32. The van der Waals surface area contributed by atoms with E-state index in [1.807, 2.05) is 38.1 Å².